The van der Waals surface area contributed by atoms with E-state index in [0.29, 0.717) is 5.56 Å². The Kier molecular flexibility index (Phi) is 5.79. The molecular formula is C27H24N2O. The molecule has 0 amide bonds. The molecule has 0 heterocycles. The van der Waals surface area contributed by atoms with E-state index in [-0.39, 0.29) is 6.04 Å². The number of ether oxygens (including phenoxy) is 1. The lowest BCUT2D eigenvalue weighted by atomic mass is 9.98. The van der Waals surface area contributed by atoms with E-state index in [1.165, 1.54) is 21.9 Å². The minimum absolute atomic E-state index is 0.212. The molecule has 3 heteroatoms. The van der Waals surface area contributed by atoms with Gasteiger partial charge in [-0.25, -0.2) is 0 Å². The van der Waals surface area contributed by atoms with Crippen molar-refractivity contribution in [1.82, 2.24) is 5.32 Å². The lowest BCUT2D eigenvalue weighted by Crippen LogP contribution is -2.18. The molecule has 4 aromatic carbocycles. The van der Waals surface area contributed by atoms with E-state index in [2.05, 4.69) is 72.9 Å². The van der Waals surface area contributed by atoms with Crippen LogP contribution in [0.5, 0.6) is 5.75 Å². The van der Waals surface area contributed by atoms with Gasteiger partial charge in [0.1, 0.15) is 5.75 Å². The molecule has 4 aromatic rings. The Morgan fingerprint density at radius 3 is 2.57 bits per heavy atom. The van der Waals surface area contributed by atoms with Gasteiger partial charge in [0.2, 0.25) is 0 Å². The van der Waals surface area contributed by atoms with Crippen molar-refractivity contribution in [3.8, 4) is 22.9 Å². The SMILES string of the molecule is COc1ccc(CNC(C)c2cccc3ccccc23)cc1-c1cccc(C#N)c1. The summed E-state index contributed by atoms with van der Waals surface area (Å²) in [6.07, 6.45) is 0. The first-order chi connectivity index (χ1) is 14.7. The Morgan fingerprint density at radius 2 is 1.73 bits per heavy atom. The summed E-state index contributed by atoms with van der Waals surface area (Å²) in [5.41, 5.74) is 5.08. The van der Waals surface area contributed by atoms with Gasteiger partial charge in [-0.1, -0.05) is 60.7 Å². The topological polar surface area (TPSA) is 45.0 Å². The van der Waals surface area contributed by atoms with Gasteiger partial charge in [-0.2, -0.15) is 5.26 Å². The van der Waals surface area contributed by atoms with Crippen molar-refractivity contribution in [1.29, 1.82) is 5.26 Å². The van der Waals surface area contributed by atoms with Crippen molar-refractivity contribution >= 4 is 10.8 Å². The van der Waals surface area contributed by atoms with Crippen LogP contribution in [0.2, 0.25) is 0 Å². The molecule has 4 rings (SSSR count). The van der Waals surface area contributed by atoms with Gasteiger partial charge < -0.3 is 10.1 Å². The van der Waals surface area contributed by atoms with Crippen LogP contribution in [0.25, 0.3) is 21.9 Å². The summed E-state index contributed by atoms with van der Waals surface area (Å²) in [4.78, 5) is 0. The van der Waals surface area contributed by atoms with Crippen molar-refractivity contribution in [3.63, 3.8) is 0 Å². The van der Waals surface area contributed by atoms with Gasteiger partial charge in [0.15, 0.2) is 0 Å². The largest absolute Gasteiger partial charge is 0.496 e. The van der Waals surface area contributed by atoms with E-state index in [1.54, 1.807) is 7.11 Å². The molecule has 0 spiro atoms. The van der Waals surface area contributed by atoms with Crippen LogP contribution < -0.4 is 10.1 Å². The van der Waals surface area contributed by atoms with Crippen LogP contribution in [0, 0.1) is 11.3 Å². The first-order valence-corrected chi connectivity index (χ1v) is 10.1. The molecule has 0 bridgehead atoms. The number of benzene rings is 4. The molecule has 0 saturated carbocycles. The smallest absolute Gasteiger partial charge is 0.126 e. The summed E-state index contributed by atoms with van der Waals surface area (Å²) in [7, 11) is 1.67. The van der Waals surface area contributed by atoms with Gasteiger partial charge in [-0.15, -0.1) is 0 Å². The fourth-order valence-electron chi connectivity index (χ4n) is 3.86. The minimum Gasteiger partial charge on any atom is -0.496 e. The second-order valence-corrected chi connectivity index (χ2v) is 7.40. The van der Waals surface area contributed by atoms with Crippen molar-refractivity contribution in [2.45, 2.75) is 19.5 Å². The van der Waals surface area contributed by atoms with Crippen molar-refractivity contribution in [2.24, 2.45) is 0 Å². The molecule has 0 aromatic heterocycles. The summed E-state index contributed by atoms with van der Waals surface area (Å²) in [6.45, 7) is 2.93. The van der Waals surface area contributed by atoms with Crippen LogP contribution in [-0.4, -0.2) is 7.11 Å². The van der Waals surface area contributed by atoms with E-state index in [4.69, 9.17) is 4.74 Å². The lowest BCUT2D eigenvalue weighted by molar-refractivity contribution is 0.416. The normalized spacial score (nSPS) is 11.8. The number of hydrogen-bond acceptors (Lipinski definition) is 3. The zero-order valence-corrected chi connectivity index (χ0v) is 17.2. The number of rotatable bonds is 6. The molecule has 0 fully saturated rings. The summed E-state index contributed by atoms with van der Waals surface area (Å²) in [5.74, 6) is 0.802. The first kappa shape index (κ1) is 19.7. The van der Waals surface area contributed by atoms with Crippen LogP contribution in [0.3, 0.4) is 0 Å². The molecule has 3 nitrogen and oxygen atoms in total. The van der Waals surface area contributed by atoms with E-state index in [9.17, 15) is 5.26 Å². The number of nitriles is 1. The maximum absolute atomic E-state index is 9.23. The standard InChI is InChI=1S/C27H24N2O/c1-19(24-12-6-9-22-8-3-4-11-25(22)24)29-18-21-13-14-27(30-2)26(16-21)23-10-5-7-20(15-23)17-28/h3-16,19,29H,18H2,1-2H3. The van der Waals surface area contributed by atoms with Crippen LogP contribution >= 0.6 is 0 Å². The molecular weight excluding hydrogens is 368 g/mol. The maximum atomic E-state index is 9.23. The summed E-state index contributed by atoms with van der Waals surface area (Å²) < 4.78 is 5.57. The molecule has 0 saturated heterocycles. The highest BCUT2D eigenvalue weighted by atomic mass is 16.5. The maximum Gasteiger partial charge on any atom is 0.126 e. The fraction of sp³-hybridized carbons (Fsp3) is 0.148. The average Bonchev–Trinajstić information content (AvgIpc) is 2.82. The van der Waals surface area contributed by atoms with Crippen molar-refractivity contribution in [2.75, 3.05) is 7.11 Å². The second-order valence-electron chi connectivity index (χ2n) is 7.40. The van der Waals surface area contributed by atoms with Gasteiger partial charge in [0.05, 0.1) is 18.7 Å². The average molecular weight is 393 g/mol. The van der Waals surface area contributed by atoms with Gasteiger partial charge in [-0.3, -0.25) is 0 Å². The molecule has 0 aliphatic rings. The zero-order valence-electron chi connectivity index (χ0n) is 17.2. The molecule has 1 atom stereocenters. The predicted octanol–water partition coefficient (Wildman–Crippen LogP) is 6.24. The van der Waals surface area contributed by atoms with E-state index >= 15 is 0 Å². The predicted molar refractivity (Wildman–Crippen MR) is 122 cm³/mol. The molecule has 1 unspecified atom stereocenters. The molecule has 0 radical (unpaired) electrons. The quantitative estimate of drug-likeness (QED) is 0.422. The summed E-state index contributed by atoms with van der Waals surface area (Å²) in [5, 5.41) is 15.4. The third kappa shape index (κ3) is 4.05. The highest BCUT2D eigenvalue weighted by molar-refractivity contribution is 5.86. The van der Waals surface area contributed by atoms with Gasteiger partial charge in [0, 0.05) is 18.2 Å². The number of fused-ring (bicyclic) bond motifs is 1. The van der Waals surface area contributed by atoms with E-state index < -0.39 is 0 Å². The minimum atomic E-state index is 0.212. The third-order valence-electron chi connectivity index (χ3n) is 5.47. The molecule has 30 heavy (non-hydrogen) atoms. The van der Waals surface area contributed by atoms with Crippen LogP contribution in [0.4, 0.5) is 0 Å². The molecule has 1 N–H and O–H groups in total. The third-order valence-corrected chi connectivity index (χ3v) is 5.47. The molecule has 0 aliphatic carbocycles. The summed E-state index contributed by atoms with van der Waals surface area (Å²) >= 11 is 0. The zero-order chi connectivity index (χ0) is 20.9. The monoisotopic (exact) mass is 392 g/mol. The van der Waals surface area contributed by atoms with Gasteiger partial charge >= 0.3 is 0 Å². The Balaban J connectivity index is 1.58. The molecule has 0 aliphatic heterocycles. The van der Waals surface area contributed by atoms with Gasteiger partial charge in [-0.05, 0) is 58.7 Å². The number of nitrogens with zero attached hydrogens (tertiary/aromatic N) is 1. The van der Waals surface area contributed by atoms with Gasteiger partial charge in [0.25, 0.3) is 0 Å². The number of hydrogen-bond donors (Lipinski definition) is 1. The van der Waals surface area contributed by atoms with Crippen LogP contribution in [-0.2, 0) is 6.54 Å². The van der Waals surface area contributed by atoms with Crippen molar-refractivity contribution < 1.29 is 4.74 Å². The highest BCUT2D eigenvalue weighted by Crippen LogP contribution is 2.32. The second kappa shape index (κ2) is 8.82. The lowest BCUT2D eigenvalue weighted by Gasteiger charge is -2.18. The Labute approximate surface area is 177 Å². The number of methoxy groups -OCH3 is 1. The van der Waals surface area contributed by atoms with E-state index in [0.717, 1.165) is 23.4 Å². The Hall–Kier alpha value is -3.61. The fourth-order valence-corrected chi connectivity index (χ4v) is 3.86. The van der Waals surface area contributed by atoms with E-state index in [1.807, 2.05) is 30.3 Å². The van der Waals surface area contributed by atoms with Crippen LogP contribution in [0.15, 0.2) is 84.9 Å². The highest BCUT2D eigenvalue weighted by Gasteiger charge is 2.11. The number of nitrogens with one attached hydrogen (secondary N) is 1. The van der Waals surface area contributed by atoms with Crippen LogP contribution in [0.1, 0.15) is 29.7 Å². The molecule has 148 valence electrons. The Bertz CT molecular complexity index is 1220. The Morgan fingerprint density at radius 1 is 0.933 bits per heavy atom. The summed E-state index contributed by atoms with van der Waals surface area (Å²) in [6, 6.07) is 31.2. The van der Waals surface area contributed by atoms with Crippen molar-refractivity contribution in [3.05, 3.63) is 102 Å². The first-order valence-electron chi connectivity index (χ1n) is 10.1.